The zero-order chi connectivity index (χ0) is 17.9. The molecule has 2 aromatic rings. The van der Waals surface area contributed by atoms with Gasteiger partial charge in [-0.25, -0.2) is 4.98 Å². The summed E-state index contributed by atoms with van der Waals surface area (Å²) < 4.78 is 43.5. The summed E-state index contributed by atoms with van der Waals surface area (Å²) in [4.78, 5) is 17.2. The monoisotopic (exact) mass is 338 g/mol. The first-order chi connectivity index (χ1) is 11.2. The molecule has 0 aliphatic rings. The van der Waals surface area contributed by atoms with Crippen LogP contribution < -0.4 is 4.74 Å². The van der Waals surface area contributed by atoms with Crippen LogP contribution in [-0.4, -0.2) is 36.1 Å². The van der Waals surface area contributed by atoms with Gasteiger partial charge >= 0.3 is 6.18 Å². The lowest BCUT2D eigenvalue weighted by molar-refractivity contribution is -0.146. The number of nitrogens with zero attached hydrogens (tertiary/aromatic N) is 2. The lowest BCUT2D eigenvalue weighted by Gasteiger charge is -2.16. The van der Waals surface area contributed by atoms with E-state index in [2.05, 4.69) is 4.98 Å². The second-order valence-electron chi connectivity index (χ2n) is 5.52. The van der Waals surface area contributed by atoms with E-state index in [4.69, 9.17) is 4.74 Å². The summed E-state index contributed by atoms with van der Waals surface area (Å²) in [6, 6.07) is 8.76. The van der Waals surface area contributed by atoms with E-state index in [1.165, 1.54) is 41.4 Å². The van der Waals surface area contributed by atoms with Crippen LogP contribution in [0, 0.1) is 0 Å². The number of pyridine rings is 1. The van der Waals surface area contributed by atoms with Crippen LogP contribution in [0.25, 0.3) is 0 Å². The van der Waals surface area contributed by atoms with Gasteiger partial charge in [-0.05, 0) is 30.7 Å². The highest BCUT2D eigenvalue weighted by atomic mass is 19.4. The number of ether oxygens (including phenoxy) is 1. The molecule has 7 heteroatoms. The number of hydrogen-bond donors (Lipinski definition) is 0. The second kappa shape index (κ2) is 6.90. The summed E-state index contributed by atoms with van der Waals surface area (Å²) in [6.07, 6.45) is -2.89. The van der Waals surface area contributed by atoms with Gasteiger partial charge in [-0.3, -0.25) is 4.79 Å². The van der Waals surface area contributed by atoms with Crippen LogP contribution >= 0.6 is 0 Å². The van der Waals surface area contributed by atoms with Gasteiger partial charge in [0.05, 0.1) is 11.5 Å². The van der Waals surface area contributed by atoms with Crippen LogP contribution in [0.5, 0.6) is 11.6 Å². The van der Waals surface area contributed by atoms with Crippen LogP contribution in [0.2, 0.25) is 0 Å². The molecule has 2 rings (SSSR count). The largest absolute Gasteiger partial charge is 0.439 e. The topological polar surface area (TPSA) is 42.4 Å². The van der Waals surface area contributed by atoms with Crippen LogP contribution in [0.15, 0.2) is 42.6 Å². The molecule has 0 aliphatic carbocycles. The maximum Gasteiger partial charge on any atom is 0.395 e. The normalized spacial score (nSPS) is 12.6. The summed E-state index contributed by atoms with van der Waals surface area (Å²) >= 11 is 0. The third-order valence-corrected chi connectivity index (χ3v) is 3.48. The molecule has 4 nitrogen and oxygen atoms in total. The second-order valence-corrected chi connectivity index (χ2v) is 5.52. The van der Waals surface area contributed by atoms with Gasteiger partial charge in [0.1, 0.15) is 5.75 Å². The molecule has 24 heavy (non-hydrogen) atoms. The first-order valence-corrected chi connectivity index (χ1v) is 7.20. The van der Waals surface area contributed by atoms with Crippen molar-refractivity contribution in [1.82, 2.24) is 9.88 Å². The molecule has 1 aromatic carbocycles. The van der Waals surface area contributed by atoms with Gasteiger partial charge in [-0.1, -0.05) is 12.1 Å². The van der Waals surface area contributed by atoms with E-state index in [1.54, 1.807) is 20.2 Å². The van der Waals surface area contributed by atoms with Gasteiger partial charge in [-0.15, -0.1) is 0 Å². The van der Waals surface area contributed by atoms with Crippen LogP contribution in [-0.2, 0) is 0 Å². The lowest BCUT2D eigenvalue weighted by atomic mass is 10.0. The fourth-order valence-corrected chi connectivity index (χ4v) is 1.96. The smallest absolute Gasteiger partial charge is 0.395 e. The average molecular weight is 338 g/mol. The first-order valence-electron chi connectivity index (χ1n) is 7.20. The molecular weight excluding hydrogens is 321 g/mol. The van der Waals surface area contributed by atoms with E-state index in [0.29, 0.717) is 11.3 Å². The van der Waals surface area contributed by atoms with Crippen molar-refractivity contribution in [1.29, 1.82) is 0 Å². The van der Waals surface area contributed by atoms with Gasteiger partial charge in [0.15, 0.2) is 0 Å². The fourth-order valence-electron chi connectivity index (χ4n) is 1.96. The van der Waals surface area contributed by atoms with Crippen molar-refractivity contribution in [3.8, 4) is 11.6 Å². The Morgan fingerprint density at radius 3 is 2.21 bits per heavy atom. The van der Waals surface area contributed by atoms with Gasteiger partial charge in [-0.2, -0.15) is 13.2 Å². The van der Waals surface area contributed by atoms with Gasteiger partial charge in [0.2, 0.25) is 5.88 Å². The Morgan fingerprint density at radius 1 is 1.12 bits per heavy atom. The van der Waals surface area contributed by atoms with Crippen molar-refractivity contribution >= 4 is 5.91 Å². The summed E-state index contributed by atoms with van der Waals surface area (Å²) in [5.41, 5.74) is 0.580. The molecule has 0 spiro atoms. The molecule has 1 atom stereocenters. The molecule has 1 unspecified atom stereocenters. The standard InChI is InChI=1S/C17H17F3N2O2/c1-11(17(18,19)20)12-4-7-14(8-5-12)24-15-9-6-13(10-21-15)16(23)22(2)3/h4-11H,1-3H3. The van der Waals surface area contributed by atoms with Gasteiger partial charge in [0, 0.05) is 26.4 Å². The molecule has 0 N–H and O–H groups in total. The molecule has 0 bridgehead atoms. The molecular formula is C17H17F3N2O2. The van der Waals surface area contributed by atoms with Gasteiger partial charge < -0.3 is 9.64 Å². The Balaban J connectivity index is 2.08. The molecule has 0 radical (unpaired) electrons. The molecule has 1 heterocycles. The van der Waals surface area contributed by atoms with Gasteiger partial charge in [0.25, 0.3) is 5.91 Å². The highest BCUT2D eigenvalue weighted by Gasteiger charge is 2.36. The number of carbonyl (C=O) groups excluding carboxylic acids is 1. The molecule has 128 valence electrons. The molecule has 0 saturated heterocycles. The predicted molar refractivity (Wildman–Crippen MR) is 83.2 cm³/mol. The van der Waals surface area contributed by atoms with E-state index in [9.17, 15) is 18.0 Å². The Morgan fingerprint density at radius 2 is 1.75 bits per heavy atom. The summed E-state index contributed by atoms with van der Waals surface area (Å²) in [5, 5.41) is 0. The van der Waals surface area contributed by atoms with Crippen molar-refractivity contribution in [3.05, 3.63) is 53.7 Å². The first kappa shape index (κ1) is 17.8. The molecule has 1 amide bonds. The van der Waals surface area contributed by atoms with E-state index < -0.39 is 12.1 Å². The fraction of sp³-hybridized carbons (Fsp3) is 0.294. The highest BCUT2D eigenvalue weighted by molar-refractivity contribution is 5.93. The van der Waals surface area contributed by atoms with Crippen molar-refractivity contribution in [2.75, 3.05) is 14.1 Å². The molecule has 0 aliphatic heterocycles. The zero-order valence-corrected chi connectivity index (χ0v) is 13.5. The lowest BCUT2D eigenvalue weighted by Crippen LogP contribution is -2.21. The molecule has 0 fully saturated rings. The Hall–Kier alpha value is -2.57. The minimum atomic E-state index is -4.28. The maximum atomic E-state index is 12.7. The van der Waals surface area contributed by atoms with Crippen LogP contribution in [0.1, 0.15) is 28.8 Å². The van der Waals surface area contributed by atoms with Crippen molar-refractivity contribution in [3.63, 3.8) is 0 Å². The number of hydrogen-bond acceptors (Lipinski definition) is 3. The maximum absolute atomic E-state index is 12.7. The Kier molecular flexibility index (Phi) is 5.11. The van der Waals surface area contributed by atoms with Crippen molar-refractivity contribution in [2.24, 2.45) is 0 Å². The van der Waals surface area contributed by atoms with Crippen molar-refractivity contribution < 1.29 is 22.7 Å². The zero-order valence-electron chi connectivity index (χ0n) is 13.5. The molecule has 1 aromatic heterocycles. The Labute approximate surface area is 137 Å². The number of halogens is 3. The van der Waals surface area contributed by atoms with Crippen LogP contribution in [0.3, 0.4) is 0 Å². The number of benzene rings is 1. The van der Waals surface area contributed by atoms with E-state index in [0.717, 1.165) is 6.92 Å². The number of aromatic nitrogens is 1. The molecule has 0 saturated carbocycles. The van der Waals surface area contributed by atoms with E-state index in [-0.39, 0.29) is 17.4 Å². The van der Waals surface area contributed by atoms with E-state index in [1.807, 2.05) is 0 Å². The third-order valence-electron chi connectivity index (χ3n) is 3.48. The van der Waals surface area contributed by atoms with Crippen molar-refractivity contribution in [2.45, 2.75) is 19.0 Å². The SMILES string of the molecule is CC(c1ccc(Oc2ccc(C(=O)N(C)C)cn2)cc1)C(F)(F)F. The summed E-state index contributed by atoms with van der Waals surface area (Å²) in [5.74, 6) is -1.10. The third kappa shape index (κ3) is 4.24. The van der Waals surface area contributed by atoms with E-state index >= 15 is 0 Å². The van der Waals surface area contributed by atoms with Crippen LogP contribution in [0.4, 0.5) is 13.2 Å². The summed E-state index contributed by atoms with van der Waals surface area (Å²) in [7, 11) is 3.27. The summed E-state index contributed by atoms with van der Waals surface area (Å²) in [6.45, 7) is 1.11. The minimum Gasteiger partial charge on any atom is -0.439 e. The Bertz CT molecular complexity index is 695. The minimum absolute atomic E-state index is 0.162. The predicted octanol–water partition coefficient (Wildman–Crippen LogP) is 4.24. The quantitative estimate of drug-likeness (QED) is 0.837. The number of carbonyl (C=O) groups is 1. The highest BCUT2D eigenvalue weighted by Crippen LogP contribution is 2.35. The number of rotatable bonds is 4. The average Bonchev–Trinajstić information content (AvgIpc) is 2.54. The number of alkyl halides is 3. The number of amides is 1.